The van der Waals surface area contributed by atoms with Crippen molar-refractivity contribution < 1.29 is 18.8 Å². The van der Waals surface area contributed by atoms with E-state index in [0.29, 0.717) is 24.5 Å². The number of carbonyl (C=O) groups excluding carboxylic acids is 1. The van der Waals surface area contributed by atoms with Crippen LogP contribution in [0.5, 0.6) is 5.75 Å². The zero-order valence-corrected chi connectivity index (χ0v) is 27.4. The van der Waals surface area contributed by atoms with Crippen LogP contribution in [0.4, 0.5) is 5.69 Å². The molecule has 1 amide bonds. The predicted octanol–water partition coefficient (Wildman–Crippen LogP) is 5.34. The van der Waals surface area contributed by atoms with Gasteiger partial charge in [0, 0.05) is 35.1 Å². The number of amides is 1. The highest BCUT2D eigenvalue weighted by Gasteiger charge is 2.45. The smallest absolute Gasteiger partial charge is 0.263 e. The van der Waals surface area contributed by atoms with Crippen LogP contribution in [0.3, 0.4) is 0 Å². The Morgan fingerprint density at radius 2 is 1.95 bits per heavy atom. The van der Waals surface area contributed by atoms with Crippen molar-refractivity contribution in [1.82, 2.24) is 9.62 Å². The van der Waals surface area contributed by atoms with Gasteiger partial charge in [0.15, 0.2) is 0 Å². The molecule has 0 radical (unpaired) electrons. The highest BCUT2D eigenvalue weighted by molar-refractivity contribution is 7.84. The summed E-state index contributed by atoms with van der Waals surface area (Å²) < 4.78 is 22.7. The Hall–Kier alpha value is -2.13. The number of anilines is 1. The van der Waals surface area contributed by atoms with Crippen molar-refractivity contribution >= 4 is 34.2 Å². The lowest BCUT2D eigenvalue weighted by atomic mass is 9.67. The molecule has 2 aliphatic carbocycles. The molecule has 1 fully saturated rings. The third kappa shape index (κ3) is 6.09. The number of carbonyl (C=O) groups is 1. The Labute approximate surface area is 263 Å². The molecule has 6 rings (SSSR count). The minimum Gasteiger partial charge on any atom is -0.490 e. The molecule has 0 saturated heterocycles. The summed E-state index contributed by atoms with van der Waals surface area (Å²) in [6.45, 7) is 6.14. The van der Waals surface area contributed by atoms with Gasteiger partial charge in [0.05, 0.1) is 23.6 Å². The van der Waals surface area contributed by atoms with E-state index in [2.05, 4.69) is 47.7 Å². The number of benzene rings is 2. The van der Waals surface area contributed by atoms with Gasteiger partial charge in [-0.15, -0.1) is 0 Å². The van der Waals surface area contributed by atoms with Crippen LogP contribution in [0.15, 0.2) is 36.4 Å². The van der Waals surface area contributed by atoms with Crippen molar-refractivity contribution in [3.63, 3.8) is 0 Å². The number of hydrogen-bond acceptors (Lipinski definition) is 6. The topological polar surface area (TPSA) is 82.1 Å². The largest absolute Gasteiger partial charge is 0.490 e. The maximum absolute atomic E-state index is 13.5. The van der Waals surface area contributed by atoms with Crippen LogP contribution in [0.1, 0.15) is 73.9 Å². The molecule has 2 aromatic rings. The summed E-state index contributed by atoms with van der Waals surface area (Å²) >= 11 is 6.42. The summed E-state index contributed by atoms with van der Waals surface area (Å²) in [4.78, 5) is 18.1. The number of fused-ring (bicyclic) bond motifs is 4. The van der Waals surface area contributed by atoms with Crippen molar-refractivity contribution in [1.29, 1.82) is 0 Å². The Kier molecular flexibility index (Phi) is 8.86. The van der Waals surface area contributed by atoms with Crippen LogP contribution in [0.25, 0.3) is 0 Å². The van der Waals surface area contributed by atoms with Gasteiger partial charge in [-0.2, -0.15) is 0 Å². The average molecular weight is 628 g/mol. The second kappa shape index (κ2) is 12.3. The monoisotopic (exact) mass is 627 g/mol. The number of aryl methyl sites for hydroxylation is 1. The second-order valence-electron chi connectivity index (χ2n) is 13.9. The molecule has 43 heavy (non-hydrogen) atoms. The first-order chi connectivity index (χ1) is 20.5. The first-order valence-electron chi connectivity index (χ1n) is 15.9. The Morgan fingerprint density at radius 3 is 2.70 bits per heavy atom. The van der Waals surface area contributed by atoms with Crippen LogP contribution in [-0.2, 0) is 22.8 Å². The van der Waals surface area contributed by atoms with E-state index in [1.54, 1.807) is 6.07 Å². The number of hydrogen-bond donors (Lipinski definition) is 2. The summed E-state index contributed by atoms with van der Waals surface area (Å²) in [6, 6.07) is 12.0. The zero-order valence-electron chi connectivity index (χ0n) is 25.9. The molecule has 0 aromatic heterocycles. The van der Waals surface area contributed by atoms with E-state index in [1.165, 1.54) is 11.1 Å². The Bertz CT molecular complexity index is 1390. The highest BCUT2D eigenvalue weighted by Crippen LogP contribution is 2.47. The fourth-order valence-electron chi connectivity index (χ4n) is 7.91. The molecular weight excluding hydrogens is 582 g/mol. The number of nitrogens with zero attached hydrogens (tertiary/aromatic N) is 2. The first kappa shape index (κ1) is 30.9. The van der Waals surface area contributed by atoms with E-state index in [4.69, 9.17) is 16.3 Å². The van der Waals surface area contributed by atoms with Gasteiger partial charge in [-0.05, 0) is 125 Å². The number of halogens is 1. The van der Waals surface area contributed by atoms with E-state index < -0.39 is 17.1 Å². The standard InChI is InChI=1S/C34H46ClN3O4S/c1-21-14-27(37(3)4)17-31(39)28-10-7-25(28)18-38-19-34(13-5-6-23-15-26(35)9-11-29(23)34)20-42-32-12-8-24(16-30(32)38)33(40)36-43(41)22(21)2/h8-9,11-12,15-16,21-22,25,27-28,31,39H,5-7,10,13-14,17-20H2,1-4H3,(H,36,40)/t21?,22?,25?,27?,28?,31?,34-,43?/m0/s1. The molecule has 2 bridgehead atoms. The molecule has 4 aliphatic rings. The van der Waals surface area contributed by atoms with Crippen molar-refractivity contribution in [3.05, 3.63) is 58.1 Å². The molecular formula is C34H46ClN3O4S. The lowest BCUT2D eigenvalue weighted by molar-refractivity contribution is -0.00541. The van der Waals surface area contributed by atoms with E-state index in [0.717, 1.165) is 68.1 Å². The van der Waals surface area contributed by atoms with Crippen LogP contribution in [-0.4, -0.2) is 71.3 Å². The number of ether oxygens (including phenoxy) is 1. The van der Waals surface area contributed by atoms with E-state index in [9.17, 15) is 14.1 Å². The molecule has 7 nitrogen and oxygen atoms in total. The number of aliphatic hydroxyl groups is 1. The molecule has 2 aromatic carbocycles. The normalized spacial score (nSPS) is 34.8. The van der Waals surface area contributed by atoms with Gasteiger partial charge in [0.25, 0.3) is 5.91 Å². The third-order valence-electron chi connectivity index (χ3n) is 10.9. The van der Waals surface area contributed by atoms with Gasteiger partial charge in [0.2, 0.25) is 0 Å². The van der Waals surface area contributed by atoms with Crippen LogP contribution >= 0.6 is 11.6 Å². The quantitative estimate of drug-likeness (QED) is 0.444. The fourth-order valence-corrected chi connectivity index (χ4v) is 9.13. The van der Waals surface area contributed by atoms with Gasteiger partial charge < -0.3 is 19.6 Å². The molecule has 1 spiro atoms. The minimum absolute atomic E-state index is 0.103. The lowest BCUT2D eigenvalue weighted by Gasteiger charge is -2.46. The molecule has 8 atom stereocenters. The van der Waals surface area contributed by atoms with Crippen molar-refractivity contribution in [2.45, 2.75) is 81.6 Å². The number of rotatable bonds is 1. The molecule has 234 valence electrons. The molecule has 2 heterocycles. The summed E-state index contributed by atoms with van der Waals surface area (Å²) in [7, 11) is 2.58. The number of nitrogens with one attached hydrogen (secondary N) is 1. The number of aliphatic hydroxyl groups excluding tert-OH is 1. The molecule has 9 heteroatoms. The molecule has 2 aliphatic heterocycles. The Morgan fingerprint density at radius 1 is 1.14 bits per heavy atom. The van der Waals surface area contributed by atoms with Crippen molar-refractivity contribution in [2.75, 3.05) is 38.7 Å². The van der Waals surface area contributed by atoms with Gasteiger partial charge in [0.1, 0.15) is 16.7 Å². The van der Waals surface area contributed by atoms with Crippen molar-refractivity contribution in [2.24, 2.45) is 17.8 Å². The minimum atomic E-state index is -1.54. The second-order valence-corrected chi connectivity index (χ2v) is 15.8. The van der Waals surface area contributed by atoms with Gasteiger partial charge in [-0.3, -0.25) is 9.52 Å². The SMILES string of the molecule is CC1CC(N(C)C)CC(O)C2CCC2CN2C[C@@]3(CCCc4cc(Cl)ccc43)COc3ccc(cc32)C(=O)NS(=O)C1C. The maximum atomic E-state index is 13.5. The van der Waals surface area contributed by atoms with E-state index in [-0.39, 0.29) is 34.4 Å². The molecule has 7 unspecified atom stereocenters. The summed E-state index contributed by atoms with van der Waals surface area (Å²) in [5.41, 5.74) is 3.77. The third-order valence-corrected chi connectivity index (χ3v) is 12.7. The predicted molar refractivity (Wildman–Crippen MR) is 173 cm³/mol. The van der Waals surface area contributed by atoms with Gasteiger partial charge in [-0.1, -0.05) is 24.6 Å². The summed E-state index contributed by atoms with van der Waals surface area (Å²) in [5.74, 6) is 1.12. The molecule has 2 N–H and O–H groups in total. The maximum Gasteiger partial charge on any atom is 0.263 e. The van der Waals surface area contributed by atoms with Gasteiger partial charge in [-0.25, -0.2) is 4.21 Å². The van der Waals surface area contributed by atoms with Crippen LogP contribution < -0.4 is 14.4 Å². The summed E-state index contributed by atoms with van der Waals surface area (Å²) in [6.07, 6.45) is 6.27. The zero-order chi connectivity index (χ0) is 30.5. The average Bonchev–Trinajstić information content (AvgIpc) is 3.10. The highest BCUT2D eigenvalue weighted by atomic mass is 35.5. The van der Waals surface area contributed by atoms with Crippen LogP contribution in [0.2, 0.25) is 5.02 Å². The van der Waals surface area contributed by atoms with Crippen LogP contribution in [0, 0.1) is 17.8 Å². The first-order valence-corrected chi connectivity index (χ1v) is 17.5. The van der Waals surface area contributed by atoms with Crippen molar-refractivity contribution in [3.8, 4) is 5.75 Å². The lowest BCUT2D eigenvalue weighted by Crippen LogP contribution is -2.50. The fraction of sp³-hybridized carbons (Fsp3) is 0.618. The van der Waals surface area contributed by atoms with E-state index in [1.807, 2.05) is 25.1 Å². The van der Waals surface area contributed by atoms with Gasteiger partial charge >= 0.3 is 0 Å². The Balaban J connectivity index is 1.40. The molecule has 1 saturated carbocycles. The summed E-state index contributed by atoms with van der Waals surface area (Å²) in [5, 5.41) is 12.1. The van der Waals surface area contributed by atoms with E-state index >= 15 is 0 Å².